The van der Waals surface area contributed by atoms with E-state index in [4.69, 9.17) is 11.6 Å². The minimum absolute atomic E-state index is 0.0556. The molecule has 1 amide bonds. The van der Waals surface area contributed by atoms with Crippen molar-refractivity contribution < 1.29 is 9.72 Å². The maximum absolute atomic E-state index is 12.3. The van der Waals surface area contributed by atoms with Gasteiger partial charge in [-0.1, -0.05) is 35.1 Å². The second kappa shape index (κ2) is 8.50. The number of aryl methyl sites for hydroxylation is 1. The van der Waals surface area contributed by atoms with Gasteiger partial charge in [0.25, 0.3) is 5.91 Å². The molecule has 0 unspecified atom stereocenters. The Labute approximate surface area is 184 Å². The van der Waals surface area contributed by atoms with Crippen LogP contribution in [-0.4, -0.2) is 25.8 Å². The molecule has 10 nitrogen and oxygen atoms in total. The number of thiazole rings is 1. The Morgan fingerprint density at radius 2 is 1.87 bits per heavy atom. The molecule has 0 atom stereocenters. The van der Waals surface area contributed by atoms with E-state index in [2.05, 4.69) is 31.1 Å². The summed E-state index contributed by atoms with van der Waals surface area (Å²) < 4.78 is 0.938. The Hall–Kier alpha value is -3.83. The summed E-state index contributed by atoms with van der Waals surface area (Å²) in [5.41, 5.74) is 6.55. The molecule has 12 heteroatoms. The number of hydrogen-bond acceptors (Lipinski definition) is 9. The van der Waals surface area contributed by atoms with Crippen molar-refractivity contribution in [3.8, 4) is 0 Å². The molecule has 0 radical (unpaired) electrons. The number of hydrazine groups is 1. The van der Waals surface area contributed by atoms with E-state index in [0.29, 0.717) is 15.7 Å². The van der Waals surface area contributed by atoms with Crippen molar-refractivity contribution in [3.05, 3.63) is 75.1 Å². The van der Waals surface area contributed by atoms with Crippen LogP contribution in [0.25, 0.3) is 10.2 Å². The van der Waals surface area contributed by atoms with Crippen LogP contribution >= 0.6 is 22.9 Å². The highest BCUT2D eigenvalue weighted by molar-refractivity contribution is 7.22. The number of nitrogens with one attached hydrogen (secondary N) is 3. The van der Waals surface area contributed by atoms with Crippen LogP contribution in [0.4, 0.5) is 22.5 Å². The molecule has 0 saturated carbocycles. The largest absolute Gasteiger partial charge is 0.355 e. The molecule has 0 saturated heterocycles. The van der Waals surface area contributed by atoms with Gasteiger partial charge < -0.3 is 5.32 Å². The fraction of sp³-hybridized carbons (Fsp3) is 0.0526. The monoisotopic (exact) mass is 455 g/mol. The Balaban J connectivity index is 1.58. The van der Waals surface area contributed by atoms with E-state index < -0.39 is 16.5 Å². The average molecular weight is 456 g/mol. The van der Waals surface area contributed by atoms with Crippen molar-refractivity contribution in [2.24, 2.45) is 0 Å². The van der Waals surface area contributed by atoms with Gasteiger partial charge in [-0.3, -0.25) is 25.8 Å². The molecule has 0 bridgehead atoms. The van der Waals surface area contributed by atoms with E-state index in [9.17, 15) is 14.9 Å². The Kier molecular flexibility index (Phi) is 5.60. The fourth-order valence-electron chi connectivity index (χ4n) is 2.77. The number of amides is 1. The SMILES string of the molecule is Cc1cccc2sc(Nc3ncnc(NNC(=O)c4ccc(Cl)cc4)c3[N+](=O)[O-])nc12. The van der Waals surface area contributed by atoms with Crippen molar-refractivity contribution in [2.75, 3.05) is 10.7 Å². The summed E-state index contributed by atoms with van der Waals surface area (Å²) in [5, 5.41) is 15.5. The zero-order chi connectivity index (χ0) is 22.0. The molecule has 31 heavy (non-hydrogen) atoms. The number of benzene rings is 2. The van der Waals surface area contributed by atoms with E-state index in [1.807, 2.05) is 25.1 Å². The molecule has 0 aliphatic carbocycles. The molecule has 0 spiro atoms. The summed E-state index contributed by atoms with van der Waals surface area (Å²) in [5.74, 6) is -0.747. The minimum atomic E-state index is -0.641. The van der Waals surface area contributed by atoms with Crippen LogP contribution in [0.3, 0.4) is 0 Å². The van der Waals surface area contributed by atoms with Crippen LogP contribution in [0, 0.1) is 17.0 Å². The molecule has 3 N–H and O–H groups in total. The normalized spacial score (nSPS) is 10.6. The van der Waals surface area contributed by atoms with E-state index in [1.165, 1.54) is 23.5 Å². The molecule has 0 aliphatic rings. The number of rotatable bonds is 6. The zero-order valence-corrected chi connectivity index (χ0v) is 17.5. The molecule has 2 aromatic carbocycles. The third-order valence-corrected chi connectivity index (χ3v) is 5.44. The summed E-state index contributed by atoms with van der Waals surface area (Å²) in [4.78, 5) is 35.7. The van der Waals surface area contributed by atoms with Crippen molar-refractivity contribution in [1.82, 2.24) is 20.4 Å². The lowest BCUT2D eigenvalue weighted by atomic mass is 10.2. The quantitative estimate of drug-likeness (QED) is 0.286. The lowest BCUT2D eigenvalue weighted by molar-refractivity contribution is -0.383. The van der Waals surface area contributed by atoms with Crippen LogP contribution in [0.5, 0.6) is 0 Å². The first-order chi connectivity index (χ1) is 14.9. The predicted molar refractivity (Wildman–Crippen MR) is 119 cm³/mol. The molecule has 4 rings (SSSR count). The molecule has 2 aromatic heterocycles. The van der Waals surface area contributed by atoms with Gasteiger partial charge in [0, 0.05) is 10.6 Å². The van der Waals surface area contributed by atoms with E-state index in [1.54, 1.807) is 12.1 Å². The van der Waals surface area contributed by atoms with Gasteiger partial charge in [0.15, 0.2) is 5.13 Å². The second-order valence-corrected chi connectivity index (χ2v) is 7.80. The van der Waals surface area contributed by atoms with Gasteiger partial charge in [-0.25, -0.2) is 15.0 Å². The zero-order valence-electron chi connectivity index (χ0n) is 15.9. The van der Waals surface area contributed by atoms with Crippen LogP contribution in [0.15, 0.2) is 48.8 Å². The number of hydrogen-bond donors (Lipinski definition) is 3. The van der Waals surface area contributed by atoms with Gasteiger partial charge in [-0.05, 0) is 42.8 Å². The Morgan fingerprint density at radius 1 is 1.13 bits per heavy atom. The number of nitro groups is 1. The molecule has 0 aliphatic heterocycles. The highest BCUT2D eigenvalue weighted by Crippen LogP contribution is 2.34. The number of carbonyl (C=O) groups is 1. The van der Waals surface area contributed by atoms with Gasteiger partial charge >= 0.3 is 5.69 Å². The third-order valence-electron chi connectivity index (χ3n) is 4.25. The summed E-state index contributed by atoms with van der Waals surface area (Å²) >= 11 is 7.16. The fourth-order valence-corrected chi connectivity index (χ4v) is 3.83. The number of carbonyl (C=O) groups excluding carboxylic acids is 1. The lowest BCUT2D eigenvalue weighted by Crippen LogP contribution is -2.30. The number of halogens is 1. The first kappa shape index (κ1) is 20.4. The topological polar surface area (TPSA) is 135 Å². The smallest absolute Gasteiger partial charge is 0.310 e. The summed E-state index contributed by atoms with van der Waals surface area (Å²) in [6.45, 7) is 1.93. The predicted octanol–water partition coefficient (Wildman–Crippen LogP) is 4.46. The Bertz CT molecular complexity index is 1290. The maximum Gasteiger partial charge on any atom is 0.355 e. The highest BCUT2D eigenvalue weighted by Gasteiger charge is 2.24. The van der Waals surface area contributed by atoms with Crippen LogP contribution in [0.1, 0.15) is 15.9 Å². The molecule has 156 valence electrons. The van der Waals surface area contributed by atoms with E-state index >= 15 is 0 Å². The van der Waals surface area contributed by atoms with Crippen LogP contribution in [-0.2, 0) is 0 Å². The van der Waals surface area contributed by atoms with Gasteiger partial charge in [-0.2, -0.15) is 0 Å². The van der Waals surface area contributed by atoms with Gasteiger partial charge in [-0.15, -0.1) is 0 Å². The lowest BCUT2D eigenvalue weighted by Gasteiger charge is -2.10. The first-order valence-electron chi connectivity index (χ1n) is 8.87. The number of aromatic nitrogens is 3. The van der Waals surface area contributed by atoms with Crippen LogP contribution < -0.4 is 16.2 Å². The number of nitrogens with zero attached hydrogens (tertiary/aromatic N) is 4. The minimum Gasteiger partial charge on any atom is -0.310 e. The van der Waals surface area contributed by atoms with Gasteiger partial charge in [0.1, 0.15) is 6.33 Å². The number of anilines is 3. The highest BCUT2D eigenvalue weighted by atomic mass is 35.5. The van der Waals surface area contributed by atoms with Gasteiger partial charge in [0.05, 0.1) is 15.1 Å². The van der Waals surface area contributed by atoms with Crippen LogP contribution in [0.2, 0.25) is 5.02 Å². The summed E-state index contributed by atoms with van der Waals surface area (Å²) in [6, 6.07) is 11.9. The molecule has 4 aromatic rings. The second-order valence-electron chi connectivity index (χ2n) is 6.33. The van der Waals surface area contributed by atoms with Crippen molar-refractivity contribution in [1.29, 1.82) is 0 Å². The molecule has 2 heterocycles. The average Bonchev–Trinajstić information content (AvgIpc) is 3.16. The van der Waals surface area contributed by atoms with Crippen molar-refractivity contribution >= 4 is 61.5 Å². The molecular formula is C19H14ClN7O3S. The number of para-hydroxylation sites is 1. The van der Waals surface area contributed by atoms with Crippen molar-refractivity contribution in [3.63, 3.8) is 0 Å². The molecule has 0 fully saturated rings. The first-order valence-corrected chi connectivity index (χ1v) is 10.1. The standard InChI is InChI=1S/C19H14ClN7O3S/c1-10-3-2-4-13-14(10)23-19(31-13)24-16-15(27(29)30)17(22-9-21-16)25-26-18(28)11-5-7-12(20)8-6-11/h2-9H,1H3,(H,26,28)(H2,21,22,23,24,25). The maximum atomic E-state index is 12.3. The summed E-state index contributed by atoms with van der Waals surface area (Å²) in [6.07, 6.45) is 1.14. The number of fused-ring (bicyclic) bond motifs is 1. The Morgan fingerprint density at radius 3 is 2.58 bits per heavy atom. The molecular weight excluding hydrogens is 442 g/mol. The van der Waals surface area contributed by atoms with E-state index in [-0.39, 0.29) is 11.6 Å². The van der Waals surface area contributed by atoms with Gasteiger partial charge in [0.2, 0.25) is 11.6 Å². The van der Waals surface area contributed by atoms with Crippen molar-refractivity contribution in [2.45, 2.75) is 6.92 Å². The van der Waals surface area contributed by atoms with E-state index in [0.717, 1.165) is 22.1 Å². The summed E-state index contributed by atoms with van der Waals surface area (Å²) in [7, 11) is 0. The third kappa shape index (κ3) is 4.37.